The summed E-state index contributed by atoms with van der Waals surface area (Å²) in [4.78, 5) is 39.3. The Kier molecular flexibility index (Phi) is 6.21. The SMILES string of the molecule is CC(C)(C)OC(=O)N1CCCC1C(=O)N(CC=O)c1ccc(Br)cc1. The molecule has 136 valence electrons. The van der Waals surface area contributed by atoms with Crippen molar-refractivity contribution in [3.05, 3.63) is 28.7 Å². The molecular formula is C18H23BrN2O4. The molecule has 0 radical (unpaired) electrons. The van der Waals surface area contributed by atoms with Crippen LogP contribution >= 0.6 is 15.9 Å². The van der Waals surface area contributed by atoms with E-state index in [0.717, 1.165) is 10.9 Å². The summed E-state index contributed by atoms with van der Waals surface area (Å²) in [5.41, 5.74) is -0.00194. The van der Waals surface area contributed by atoms with Crippen LogP contribution in [0.1, 0.15) is 33.6 Å². The molecule has 1 unspecified atom stereocenters. The highest BCUT2D eigenvalue weighted by atomic mass is 79.9. The van der Waals surface area contributed by atoms with Crippen molar-refractivity contribution in [2.24, 2.45) is 0 Å². The van der Waals surface area contributed by atoms with Gasteiger partial charge in [-0.05, 0) is 57.9 Å². The number of benzene rings is 1. The minimum Gasteiger partial charge on any atom is -0.444 e. The van der Waals surface area contributed by atoms with E-state index in [0.29, 0.717) is 24.9 Å². The van der Waals surface area contributed by atoms with Gasteiger partial charge in [-0.2, -0.15) is 0 Å². The minimum atomic E-state index is -0.624. The number of amides is 2. The summed E-state index contributed by atoms with van der Waals surface area (Å²) in [6.07, 6.45) is 1.48. The zero-order valence-electron chi connectivity index (χ0n) is 14.7. The number of rotatable bonds is 4. The second kappa shape index (κ2) is 7.99. The molecule has 1 aromatic rings. The first kappa shape index (κ1) is 19.4. The third kappa shape index (κ3) is 5.04. The number of hydrogen-bond acceptors (Lipinski definition) is 4. The van der Waals surface area contributed by atoms with E-state index in [-0.39, 0.29) is 12.5 Å². The van der Waals surface area contributed by atoms with Gasteiger partial charge in [-0.15, -0.1) is 0 Å². The Bertz CT molecular complexity index is 639. The van der Waals surface area contributed by atoms with Crippen LogP contribution in [0, 0.1) is 0 Å². The third-order valence-electron chi connectivity index (χ3n) is 3.83. The van der Waals surface area contributed by atoms with E-state index in [1.165, 1.54) is 9.80 Å². The van der Waals surface area contributed by atoms with Gasteiger partial charge in [-0.1, -0.05) is 15.9 Å². The van der Waals surface area contributed by atoms with Crippen LogP contribution in [0.5, 0.6) is 0 Å². The topological polar surface area (TPSA) is 66.9 Å². The van der Waals surface area contributed by atoms with Crippen LogP contribution in [-0.2, 0) is 14.3 Å². The number of ether oxygens (including phenoxy) is 1. The summed E-state index contributed by atoms with van der Waals surface area (Å²) in [7, 11) is 0. The monoisotopic (exact) mass is 410 g/mol. The fourth-order valence-corrected chi connectivity index (χ4v) is 3.02. The first-order valence-electron chi connectivity index (χ1n) is 8.23. The molecular weight excluding hydrogens is 388 g/mol. The molecule has 0 saturated carbocycles. The van der Waals surface area contributed by atoms with Crippen molar-refractivity contribution >= 4 is 39.9 Å². The molecule has 2 rings (SSSR count). The smallest absolute Gasteiger partial charge is 0.410 e. The van der Waals surface area contributed by atoms with Crippen LogP contribution in [0.15, 0.2) is 28.7 Å². The van der Waals surface area contributed by atoms with E-state index in [1.807, 2.05) is 0 Å². The summed E-state index contributed by atoms with van der Waals surface area (Å²) in [5, 5.41) is 0. The van der Waals surface area contributed by atoms with Crippen LogP contribution in [0.3, 0.4) is 0 Å². The van der Waals surface area contributed by atoms with Crippen LogP contribution in [0.2, 0.25) is 0 Å². The maximum absolute atomic E-state index is 13.0. The van der Waals surface area contributed by atoms with Gasteiger partial charge in [0.15, 0.2) is 0 Å². The van der Waals surface area contributed by atoms with Gasteiger partial charge in [0.1, 0.15) is 17.9 Å². The van der Waals surface area contributed by atoms with Crippen LogP contribution in [0.4, 0.5) is 10.5 Å². The number of nitrogens with zero attached hydrogens (tertiary/aromatic N) is 2. The van der Waals surface area contributed by atoms with Crippen molar-refractivity contribution in [1.29, 1.82) is 0 Å². The third-order valence-corrected chi connectivity index (χ3v) is 4.36. The molecule has 7 heteroatoms. The van der Waals surface area contributed by atoms with Crippen LogP contribution in [0.25, 0.3) is 0 Å². The zero-order valence-corrected chi connectivity index (χ0v) is 16.3. The van der Waals surface area contributed by atoms with Crippen molar-refractivity contribution in [2.45, 2.75) is 45.3 Å². The molecule has 1 aliphatic rings. The maximum Gasteiger partial charge on any atom is 0.410 e. The zero-order chi connectivity index (χ0) is 18.6. The molecule has 0 bridgehead atoms. The molecule has 1 saturated heterocycles. The molecule has 25 heavy (non-hydrogen) atoms. The number of carbonyl (C=O) groups is 3. The summed E-state index contributed by atoms with van der Waals surface area (Å²) in [6, 6.07) is 6.52. The average molecular weight is 411 g/mol. The molecule has 0 aromatic heterocycles. The van der Waals surface area contributed by atoms with Crippen molar-refractivity contribution < 1.29 is 19.1 Å². The van der Waals surface area contributed by atoms with Gasteiger partial charge in [0.05, 0.1) is 6.54 Å². The Morgan fingerprint density at radius 2 is 1.96 bits per heavy atom. The Morgan fingerprint density at radius 1 is 1.32 bits per heavy atom. The number of halogens is 1. The lowest BCUT2D eigenvalue weighted by Crippen LogP contribution is -2.49. The van der Waals surface area contributed by atoms with E-state index in [9.17, 15) is 14.4 Å². The van der Waals surface area contributed by atoms with Gasteiger partial charge >= 0.3 is 6.09 Å². The molecule has 0 aliphatic carbocycles. The first-order valence-corrected chi connectivity index (χ1v) is 9.02. The summed E-state index contributed by atoms with van der Waals surface area (Å²) >= 11 is 3.35. The second-order valence-corrected chi connectivity index (χ2v) is 7.84. The molecule has 2 amide bonds. The Balaban J connectivity index is 2.21. The average Bonchev–Trinajstić information content (AvgIpc) is 3.01. The summed E-state index contributed by atoms with van der Waals surface area (Å²) in [6.45, 7) is 5.79. The van der Waals surface area contributed by atoms with Crippen molar-refractivity contribution in [2.75, 3.05) is 18.0 Å². The van der Waals surface area contributed by atoms with Gasteiger partial charge in [-0.3, -0.25) is 9.69 Å². The number of hydrogen-bond donors (Lipinski definition) is 0. The maximum atomic E-state index is 13.0. The molecule has 1 fully saturated rings. The molecule has 1 aliphatic heterocycles. The fourth-order valence-electron chi connectivity index (χ4n) is 2.76. The summed E-state index contributed by atoms with van der Waals surface area (Å²) in [5.74, 6) is -0.266. The van der Waals surface area contributed by atoms with Crippen molar-refractivity contribution in [3.8, 4) is 0 Å². The Labute approximate surface area is 156 Å². The fraction of sp³-hybridized carbons (Fsp3) is 0.500. The Morgan fingerprint density at radius 3 is 2.52 bits per heavy atom. The van der Waals surface area contributed by atoms with Gasteiger partial charge in [0.2, 0.25) is 5.91 Å². The predicted molar refractivity (Wildman–Crippen MR) is 98.5 cm³/mol. The molecule has 0 N–H and O–H groups in total. The number of anilines is 1. The van der Waals surface area contributed by atoms with Crippen LogP contribution in [-0.4, -0.2) is 47.9 Å². The normalized spacial score (nSPS) is 17.3. The van der Waals surface area contributed by atoms with E-state index in [4.69, 9.17) is 4.74 Å². The molecule has 1 aromatic carbocycles. The number of likely N-dealkylation sites (tertiary alicyclic amines) is 1. The number of carbonyl (C=O) groups excluding carboxylic acids is 3. The van der Waals surface area contributed by atoms with E-state index < -0.39 is 17.7 Å². The van der Waals surface area contributed by atoms with E-state index in [2.05, 4.69) is 15.9 Å². The van der Waals surface area contributed by atoms with E-state index >= 15 is 0 Å². The second-order valence-electron chi connectivity index (χ2n) is 6.92. The van der Waals surface area contributed by atoms with Crippen LogP contribution < -0.4 is 4.90 Å². The van der Waals surface area contributed by atoms with Gasteiger partial charge < -0.3 is 14.4 Å². The molecule has 1 atom stereocenters. The molecule has 0 spiro atoms. The van der Waals surface area contributed by atoms with E-state index in [1.54, 1.807) is 45.0 Å². The quantitative estimate of drug-likeness (QED) is 0.713. The standard InChI is InChI=1S/C18H23BrN2O4/c1-18(2,3)25-17(24)21-10-4-5-15(21)16(23)20(11-12-22)14-8-6-13(19)7-9-14/h6-9,12,15H,4-5,10-11H2,1-3H3. The molecule has 1 heterocycles. The van der Waals surface area contributed by atoms with Gasteiger partial charge in [0, 0.05) is 16.7 Å². The van der Waals surface area contributed by atoms with Crippen molar-refractivity contribution in [3.63, 3.8) is 0 Å². The lowest BCUT2D eigenvalue weighted by Gasteiger charge is -2.31. The van der Waals surface area contributed by atoms with Gasteiger partial charge in [0.25, 0.3) is 0 Å². The molecule has 6 nitrogen and oxygen atoms in total. The van der Waals surface area contributed by atoms with Gasteiger partial charge in [-0.25, -0.2) is 4.79 Å². The largest absolute Gasteiger partial charge is 0.444 e. The highest BCUT2D eigenvalue weighted by Crippen LogP contribution is 2.25. The van der Waals surface area contributed by atoms with Crippen molar-refractivity contribution in [1.82, 2.24) is 4.90 Å². The minimum absolute atomic E-state index is 0.0564. The number of aldehydes is 1. The lowest BCUT2D eigenvalue weighted by molar-refractivity contribution is -0.123. The summed E-state index contributed by atoms with van der Waals surface area (Å²) < 4.78 is 6.28. The predicted octanol–water partition coefficient (Wildman–Crippen LogP) is 3.38. The highest BCUT2D eigenvalue weighted by Gasteiger charge is 2.38. The lowest BCUT2D eigenvalue weighted by atomic mass is 10.1. The Hall–Kier alpha value is -1.89. The highest BCUT2D eigenvalue weighted by molar-refractivity contribution is 9.10. The first-order chi connectivity index (χ1) is 11.7.